The van der Waals surface area contributed by atoms with Crippen LogP contribution in [0.4, 0.5) is 0 Å². The Morgan fingerprint density at radius 3 is 2.63 bits per heavy atom. The molecule has 140 valence electrons. The van der Waals surface area contributed by atoms with Crippen LogP contribution in [0.25, 0.3) is 22.9 Å². The van der Waals surface area contributed by atoms with Crippen LogP contribution in [0.2, 0.25) is 0 Å². The highest BCUT2D eigenvalue weighted by atomic mass is 16.5. The highest BCUT2D eigenvalue weighted by molar-refractivity contribution is 5.94. The van der Waals surface area contributed by atoms with E-state index in [1.54, 1.807) is 18.5 Å². The number of carbonyl (C=O) groups is 1. The summed E-state index contributed by atoms with van der Waals surface area (Å²) >= 11 is 0. The second-order valence-corrected chi connectivity index (χ2v) is 6.04. The van der Waals surface area contributed by atoms with Crippen molar-refractivity contribution in [1.29, 1.82) is 0 Å². The molecule has 2 heterocycles. The van der Waals surface area contributed by atoms with E-state index in [1.807, 2.05) is 61.6 Å². The number of rotatable bonds is 6. The first-order valence-corrected chi connectivity index (χ1v) is 8.59. The average molecular weight is 366 g/mol. The molecule has 0 radical (unpaired) electrons. The van der Waals surface area contributed by atoms with Crippen molar-refractivity contribution < 1.29 is 14.3 Å². The minimum atomic E-state index is -0.443. The molecule has 0 aliphatic heterocycles. The van der Waals surface area contributed by atoms with Gasteiger partial charge in [-0.3, -0.25) is 0 Å². The zero-order chi connectivity index (χ0) is 19.4. The normalized spacial score (nSPS) is 11.1. The Labute approximate surface area is 157 Å². The lowest BCUT2D eigenvalue weighted by atomic mass is 10.1. The van der Waals surface area contributed by atoms with Gasteiger partial charge in [-0.1, -0.05) is 30.3 Å². The molecule has 0 saturated heterocycles. The molecule has 0 saturated carbocycles. The van der Waals surface area contributed by atoms with E-state index < -0.39 is 5.97 Å². The van der Waals surface area contributed by atoms with Crippen molar-refractivity contribution in [2.75, 3.05) is 27.8 Å². The molecule has 0 bridgehead atoms. The van der Waals surface area contributed by atoms with Gasteiger partial charge in [0.1, 0.15) is 5.56 Å². The van der Waals surface area contributed by atoms with Crippen LogP contribution in [0.5, 0.6) is 5.88 Å². The van der Waals surface area contributed by atoms with E-state index in [0.29, 0.717) is 22.8 Å². The molecule has 1 aromatic carbocycles. The van der Waals surface area contributed by atoms with Gasteiger partial charge in [-0.15, -0.1) is 5.10 Å². The third kappa shape index (κ3) is 3.62. The Hall–Kier alpha value is -3.35. The van der Waals surface area contributed by atoms with Crippen molar-refractivity contribution in [1.82, 2.24) is 19.5 Å². The molecule has 3 rings (SSSR count). The van der Waals surface area contributed by atoms with E-state index in [9.17, 15) is 4.79 Å². The number of fused-ring (bicyclic) bond motifs is 1. The largest absolute Gasteiger partial charge is 0.479 e. The molecule has 2 aromatic heterocycles. The summed E-state index contributed by atoms with van der Waals surface area (Å²) in [5, 5.41) is 4.54. The van der Waals surface area contributed by atoms with Crippen LogP contribution >= 0.6 is 0 Å². The fourth-order valence-corrected chi connectivity index (χ4v) is 2.73. The summed E-state index contributed by atoms with van der Waals surface area (Å²) in [5.41, 5.74) is 3.22. The van der Waals surface area contributed by atoms with E-state index in [1.165, 1.54) is 6.20 Å². The molecule has 0 spiro atoms. The Balaban J connectivity index is 2.30. The number of ether oxygens (including phenoxy) is 2. The molecular weight excluding hydrogens is 344 g/mol. The Bertz CT molecular complexity index is 978. The van der Waals surface area contributed by atoms with E-state index in [4.69, 9.17) is 9.47 Å². The number of methoxy groups -OCH3 is 1. The highest BCUT2D eigenvalue weighted by Gasteiger charge is 2.22. The Morgan fingerprint density at radius 1 is 1.26 bits per heavy atom. The maximum absolute atomic E-state index is 12.4. The van der Waals surface area contributed by atoms with Crippen molar-refractivity contribution in [3.63, 3.8) is 0 Å². The van der Waals surface area contributed by atoms with Crippen LogP contribution in [-0.4, -0.2) is 53.3 Å². The lowest BCUT2D eigenvalue weighted by Gasteiger charge is -2.09. The first kappa shape index (κ1) is 18.4. The summed E-state index contributed by atoms with van der Waals surface area (Å²) < 4.78 is 12.3. The number of esters is 1. The first-order valence-electron chi connectivity index (χ1n) is 8.59. The summed E-state index contributed by atoms with van der Waals surface area (Å²) in [5.74, 6) is -0.00440. The average Bonchev–Trinajstić information content (AvgIpc) is 3.05. The van der Waals surface area contributed by atoms with E-state index in [0.717, 1.165) is 11.1 Å². The van der Waals surface area contributed by atoms with Crippen LogP contribution in [-0.2, 0) is 4.74 Å². The number of nitrogens with zero attached hydrogens (tertiary/aromatic N) is 4. The van der Waals surface area contributed by atoms with Crippen molar-refractivity contribution in [3.8, 4) is 17.0 Å². The summed E-state index contributed by atoms with van der Waals surface area (Å²) in [6.07, 6.45) is 5.17. The molecular formula is C20H22N4O3. The molecule has 0 N–H and O–H groups in total. The number of hydrogen-bond acceptors (Lipinski definition) is 6. The molecule has 0 aliphatic carbocycles. The Morgan fingerprint density at radius 2 is 2.00 bits per heavy atom. The lowest BCUT2D eigenvalue weighted by molar-refractivity contribution is 0.0525. The minimum Gasteiger partial charge on any atom is -0.479 e. The Kier molecular flexibility index (Phi) is 5.40. The van der Waals surface area contributed by atoms with Crippen LogP contribution in [0.1, 0.15) is 23.0 Å². The van der Waals surface area contributed by atoms with Gasteiger partial charge in [0.2, 0.25) is 5.88 Å². The number of aromatic nitrogens is 3. The summed E-state index contributed by atoms with van der Waals surface area (Å²) in [6, 6.07) is 9.76. The monoisotopic (exact) mass is 366 g/mol. The lowest BCUT2D eigenvalue weighted by Crippen LogP contribution is -2.12. The SMILES string of the molecule is CCOC(=O)c1cnc2c(-c3ccccc3)c(OC)nn2c1/C=C/N(C)C. The number of benzene rings is 1. The summed E-state index contributed by atoms with van der Waals surface area (Å²) in [6.45, 7) is 2.05. The van der Waals surface area contributed by atoms with Gasteiger partial charge < -0.3 is 14.4 Å². The van der Waals surface area contributed by atoms with E-state index in [-0.39, 0.29) is 6.61 Å². The van der Waals surface area contributed by atoms with Gasteiger partial charge in [-0.25, -0.2) is 14.3 Å². The van der Waals surface area contributed by atoms with Crippen molar-refractivity contribution in [2.45, 2.75) is 6.92 Å². The van der Waals surface area contributed by atoms with Gasteiger partial charge in [0.15, 0.2) is 5.65 Å². The molecule has 7 nitrogen and oxygen atoms in total. The second-order valence-electron chi connectivity index (χ2n) is 6.04. The molecule has 3 aromatic rings. The number of hydrogen-bond donors (Lipinski definition) is 0. The zero-order valence-corrected chi connectivity index (χ0v) is 15.8. The smallest absolute Gasteiger partial charge is 0.341 e. The minimum absolute atomic E-state index is 0.283. The molecule has 0 aliphatic rings. The van der Waals surface area contributed by atoms with E-state index in [2.05, 4.69) is 10.1 Å². The maximum atomic E-state index is 12.4. The van der Waals surface area contributed by atoms with Crippen LogP contribution < -0.4 is 4.74 Å². The molecule has 7 heteroatoms. The van der Waals surface area contributed by atoms with Crippen molar-refractivity contribution >= 4 is 17.7 Å². The third-order valence-electron chi connectivity index (χ3n) is 3.93. The first-order chi connectivity index (χ1) is 13.1. The zero-order valence-electron chi connectivity index (χ0n) is 15.8. The predicted molar refractivity (Wildman–Crippen MR) is 104 cm³/mol. The van der Waals surface area contributed by atoms with Crippen LogP contribution in [0, 0.1) is 0 Å². The topological polar surface area (TPSA) is 69.0 Å². The summed E-state index contributed by atoms with van der Waals surface area (Å²) in [7, 11) is 5.37. The van der Waals surface area contributed by atoms with Crippen molar-refractivity contribution in [2.24, 2.45) is 0 Å². The molecule has 27 heavy (non-hydrogen) atoms. The maximum Gasteiger partial charge on any atom is 0.341 e. The summed E-state index contributed by atoms with van der Waals surface area (Å²) in [4.78, 5) is 18.8. The standard InChI is InChI=1S/C20H22N4O3/c1-5-27-20(25)15-13-21-18-17(14-9-7-6-8-10-14)19(26-4)22-24(18)16(15)11-12-23(2)3/h6-13H,5H2,1-4H3/b12-11+. The van der Waals surface area contributed by atoms with Crippen molar-refractivity contribution in [3.05, 3.63) is 54.0 Å². The highest BCUT2D eigenvalue weighted by Crippen LogP contribution is 2.33. The molecule has 0 amide bonds. The van der Waals surface area contributed by atoms with Gasteiger partial charge in [0.05, 0.1) is 25.0 Å². The predicted octanol–water partition coefficient (Wildman–Crippen LogP) is 3.11. The van der Waals surface area contributed by atoms with Gasteiger partial charge in [0, 0.05) is 26.5 Å². The molecule has 0 atom stereocenters. The molecule has 0 unspecified atom stereocenters. The second kappa shape index (κ2) is 7.90. The van der Waals surface area contributed by atoms with Gasteiger partial charge >= 0.3 is 5.97 Å². The van der Waals surface area contributed by atoms with Crippen LogP contribution in [0.3, 0.4) is 0 Å². The number of carbonyl (C=O) groups excluding carboxylic acids is 1. The van der Waals surface area contributed by atoms with Gasteiger partial charge in [-0.2, -0.15) is 0 Å². The fraction of sp³-hybridized carbons (Fsp3) is 0.250. The fourth-order valence-electron chi connectivity index (χ4n) is 2.73. The van der Waals surface area contributed by atoms with Gasteiger partial charge in [-0.05, 0) is 18.6 Å². The molecule has 0 fully saturated rings. The third-order valence-corrected chi connectivity index (χ3v) is 3.93. The quantitative estimate of drug-likeness (QED) is 0.625. The van der Waals surface area contributed by atoms with Gasteiger partial charge in [0.25, 0.3) is 0 Å². The van der Waals surface area contributed by atoms with Crippen LogP contribution in [0.15, 0.2) is 42.7 Å². The van der Waals surface area contributed by atoms with E-state index >= 15 is 0 Å².